The van der Waals surface area contributed by atoms with E-state index in [1.807, 2.05) is 0 Å². The van der Waals surface area contributed by atoms with Crippen LogP contribution in [-0.2, 0) is 11.3 Å². The fraction of sp³-hybridized carbons (Fsp3) is 0.0714. The number of ether oxygens (including phenoxy) is 1. The zero-order valence-corrected chi connectivity index (χ0v) is 11.8. The van der Waals surface area contributed by atoms with Gasteiger partial charge in [0.1, 0.15) is 12.4 Å². The summed E-state index contributed by atoms with van der Waals surface area (Å²) < 4.78 is 10.1. The van der Waals surface area contributed by atoms with Gasteiger partial charge in [-0.2, -0.15) is 0 Å². The Kier molecular flexibility index (Phi) is 5.09. The van der Waals surface area contributed by atoms with Gasteiger partial charge in [0.15, 0.2) is 0 Å². The lowest BCUT2D eigenvalue weighted by atomic mass is 10.2. The molecule has 104 valence electrons. The molecule has 0 fully saturated rings. The van der Waals surface area contributed by atoms with E-state index in [1.165, 1.54) is 12.5 Å². The molecule has 1 N–H and O–H groups in total. The first-order valence-electron chi connectivity index (χ1n) is 5.73. The number of benzene rings is 1. The van der Waals surface area contributed by atoms with E-state index < -0.39 is 6.09 Å². The maximum atomic E-state index is 11.5. The third kappa shape index (κ3) is 4.05. The molecule has 20 heavy (non-hydrogen) atoms. The standard InChI is InChI=1S/C14H11Cl2NO3/c15-12-4-1-5-13(16)11(12)9-20-14(18)17-7-6-10-3-2-8-19-10/h1-8H,9H2,(H,17,18). The molecule has 0 aliphatic carbocycles. The highest BCUT2D eigenvalue weighted by molar-refractivity contribution is 6.35. The number of halogens is 2. The summed E-state index contributed by atoms with van der Waals surface area (Å²) in [6.45, 7) is -0.00106. The fourth-order valence-electron chi connectivity index (χ4n) is 1.43. The van der Waals surface area contributed by atoms with Crippen LogP contribution in [0, 0.1) is 0 Å². The molecule has 0 atom stereocenters. The third-order valence-corrected chi connectivity index (χ3v) is 3.11. The van der Waals surface area contributed by atoms with Crippen LogP contribution >= 0.6 is 23.2 Å². The Morgan fingerprint density at radius 2 is 2.00 bits per heavy atom. The minimum atomic E-state index is -0.608. The van der Waals surface area contributed by atoms with E-state index in [9.17, 15) is 4.79 Å². The first-order valence-corrected chi connectivity index (χ1v) is 6.48. The summed E-state index contributed by atoms with van der Waals surface area (Å²) in [6, 6.07) is 8.59. The van der Waals surface area contributed by atoms with Gasteiger partial charge in [-0.15, -0.1) is 0 Å². The van der Waals surface area contributed by atoms with E-state index in [0.717, 1.165) is 0 Å². The SMILES string of the molecule is O=C(NC=Cc1ccco1)OCc1c(Cl)cccc1Cl. The molecule has 0 saturated heterocycles. The highest BCUT2D eigenvalue weighted by atomic mass is 35.5. The third-order valence-electron chi connectivity index (χ3n) is 2.40. The Labute approximate surface area is 125 Å². The Morgan fingerprint density at radius 1 is 1.25 bits per heavy atom. The van der Waals surface area contributed by atoms with Crippen molar-refractivity contribution in [1.82, 2.24) is 5.32 Å². The Morgan fingerprint density at radius 3 is 2.65 bits per heavy atom. The van der Waals surface area contributed by atoms with Crippen LogP contribution < -0.4 is 5.32 Å². The summed E-state index contributed by atoms with van der Waals surface area (Å²) in [5.74, 6) is 0.624. The number of alkyl carbamates (subject to hydrolysis) is 1. The highest BCUT2D eigenvalue weighted by Crippen LogP contribution is 2.24. The van der Waals surface area contributed by atoms with Crippen molar-refractivity contribution >= 4 is 35.4 Å². The molecule has 0 aliphatic heterocycles. The minimum absolute atomic E-state index is 0.00106. The van der Waals surface area contributed by atoms with Crippen molar-refractivity contribution in [3.63, 3.8) is 0 Å². The van der Waals surface area contributed by atoms with Crippen LogP contribution in [0.2, 0.25) is 10.0 Å². The maximum Gasteiger partial charge on any atom is 0.411 e. The molecule has 0 unspecified atom stereocenters. The maximum absolute atomic E-state index is 11.5. The summed E-state index contributed by atoms with van der Waals surface area (Å²) in [7, 11) is 0. The summed E-state index contributed by atoms with van der Waals surface area (Å²) >= 11 is 11.9. The Hall–Kier alpha value is -1.91. The molecule has 0 bridgehead atoms. The van der Waals surface area contributed by atoms with E-state index in [1.54, 1.807) is 36.4 Å². The first kappa shape index (κ1) is 14.5. The average Bonchev–Trinajstić information content (AvgIpc) is 2.91. The van der Waals surface area contributed by atoms with Crippen LogP contribution in [0.4, 0.5) is 4.79 Å². The van der Waals surface area contributed by atoms with Crippen molar-refractivity contribution in [3.8, 4) is 0 Å². The molecule has 1 heterocycles. The van der Waals surface area contributed by atoms with Crippen molar-refractivity contribution in [2.24, 2.45) is 0 Å². The Bertz CT molecular complexity index is 589. The molecule has 0 radical (unpaired) electrons. The monoisotopic (exact) mass is 311 g/mol. The molecule has 1 aromatic carbocycles. The number of amides is 1. The fourth-order valence-corrected chi connectivity index (χ4v) is 1.93. The quantitative estimate of drug-likeness (QED) is 0.905. The molecular weight excluding hydrogens is 301 g/mol. The molecular formula is C14H11Cl2NO3. The lowest BCUT2D eigenvalue weighted by Gasteiger charge is -2.07. The molecule has 0 saturated carbocycles. The normalized spacial score (nSPS) is 10.7. The number of rotatable bonds is 4. The molecule has 1 amide bonds. The van der Waals surface area contributed by atoms with Crippen molar-refractivity contribution in [1.29, 1.82) is 0 Å². The molecule has 0 spiro atoms. The lowest BCUT2D eigenvalue weighted by Crippen LogP contribution is -2.18. The van der Waals surface area contributed by atoms with Gasteiger partial charge in [0.2, 0.25) is 0 Å². The van der Waals surface area contributed by atoms with Crippen molar-refractivity contribution in [2.45, 2.75) is 6.61 Å². The first-order chi connectivity index (χ1) is 9.66. The average molecular weight is 312 g/mol. The van der Waals surface area contributed by atoms with Crippen LogP contribution in [0.3, 0.4) is 0 Å². The molecule has 2 aromatic rings. The Balaban J connectivity index is 1.83. The molecule has 2 rings (SSSR count). The van der Waals surface area contributed by atoms with Crippen LogP contribution in [0.1, 0.15) is 11.3 Å². The largest absolute Gasteiger partial charge is 0.465 e. The van der Waals surface area contributed by atoms with E-state index in [0.29, 0.717) is 21.4 Å². The van der Waals surface area contributed by atoms with Gasteiger partial charge >= 0.3 is 6.09 Å². The number of carbonyl (C=O) groups excluding carboxylic acids is 1. The van der Waals surface area contributed by atoms with E-state index in [4.69, 9.17) is 32.4 Å². The van der Waals surface area contributed by atoms with Crippen LogP contribution in [0.25, 0.3) is 6.08 Å². The number of hydrogen-bond acceptors (Lipinski definition) is 3. The van der Waals surface area contributed by atoms with Crippen LogP contribution in [0.5, 0.6) is 0 Å². The zero-order chi connectivity index (χ0) is 14.4. The van der Waals surface area contributed by atoms with Gasteiger partial charge < -0.3 is 9.15 Å². The molecule has 0 aliphatic rings. The van der Waals surface area contributed by atoms with E-state index >= 15 is 0 Å². The summed E-state index contributed by atoms with van der Waals surface area (Å²) in [6.07, 6.45) is 3.96. The van der Waals surface area contributed by atoms with Crippen molar-refractivity contribution in [3.05, 3.63) is 64.2 Å². The van der Waals surface area contributed by atoms with E-state index in [-0.39, 0.29) is 6.61 Å². The van der Waals surface area contributed by atoms with Gasteiger partial charge in [-0.25, -0.2) is 4.79 Å². The number of nitrogens with one attached hydrogen (secondary N) is 1. The van der Waals surface area contributed by atoms with Crippen LogP contribution in [0.15, 0.2) is 47.2 Å². The minimum Gasteiger partial charge on any atom is -0.465 e. The lowest BCUT2D eigenvalue weighted by molar-refractivity contribution is 0.143. The van der Waals surface area contributed by atoms with Crippen molar-refractivity contribution < 1.29 is 13.9 Å². The van der Waals surface area contributed by atoms with Gasteiger partial charge in [-0.1, -0.05) is 29.3 Å². The number of furan rings is 1. The smallest absolute Gasteiger partial charge is 0.411 e. The zero-order valence-electron chi connectivity index (χ0n) is 10.3. The molecule has 4 nitrogen and oxygen atoms in total. The highest BCUT2D eigenvalue weighted by Gasteiger charge is 2.08. The van der Waals surface area contributed by atoms with Crippen molar-refractivity contribution in [2.75, 3.05) is 0 Å². The predicted molar refractivity (Wildman–Crippen MR) is 77.5 cm³/mol. The van der Waals surface area contributed by atoms with Gasteiger partial charge in [-0.05, 0) is 30.3 Å². The number of hydrogen-bond donors (Lipinski definition) is 1. The summed E-state index contributed by atoms with van der Waals surface area (Å²) in [4.78, 5) is 11.5. The topological polar surface area (TPSA) is 51.5 Å². The summed E-state index contributed by atoms with van der Waals surface area (Å²) in [5.41, 5.74) is 0.570. The second kappa shape index (κ2) is 7.03. The second-order valence-corrected chi connectivity index (χ2v) is 4.58. The number of carbonyl (C=O) groups is 1. The molecule has 6 heteroatoms. The van der Waals surface area contributed by atoms with Crippen LogP contribution in [-0.4, -0.2) is 6.09 Å². The van der Waals surface area contributed by atoms with Gasteiger partial charge in [-0.3, -0.25) is 5.32 Å². The summed E-state index contributed by atoms with van der Waals surface area (Å²) in [5, 5.41) is 3.35. The van der Waals surface area contributed by atoms with E-state index in [2.05, 4.69) is 5.32 Å². The van der Waals surface area contributed by atoms with Gasteiger partial charge in [0, 0.05) is 21.8 Å². The van der Waals surface area contributed by atoms with Gasteiger partial charge in [0.25, 0.3) is 0 Å². The second-order valence-electron chi connectivity index (χ2n) is 3.77. The predicted octanol–water partition coefficient (Wildman–Crippen LogP) is 4.48. The van der Waals surface area contributed by atoms with Gasteiger partial charge in [0.05, 0.1) is 6.26 Å². The molecule has 1 aromatic heterocycles.